The van der Waals surface area contributed by atoms with Crippen molar-refractivity contribution in [2.75, 3.05) is 0 Å². The molecule has 0 saturated heterocycles. The highest BCUT2D eigenvalue weighted by atomic mass is 16.6. The highest BCUT2D eigenvalue weighted by Gasteiger charge is 2.30. The molecule has 0 saturated carbocycles. The standard InChI is InChI=1S/C8H7NO4/c10-8(11)7(9(12)13)6-4-2-1-3-5-6/h1-5,7H,(H,10,11). The van der Waals surface area contributed by atoms with E-state index in [1.54, 1.807) is 18.2 Å². The number of nitro groups is 1. The quantitative estimate of drug-likeness (QED) is 0.559. The molecule has 0 bridgehead atoms. The largest absolute Gasteiger partial charge is 0.476 e. The second-order valence-electron chi connectivity index (χ2n) is 2.44. The molecular formula is C8H7NO4. The van der Waals surface area contributed by atoms with Gasteiger partial charge in [-0.15, -0.1) is 0 Å². The lowest BCUT2D eigenvalue weighted by atomic mass is 10.1. The summed E-state index contributed by atoms with van der Waals surface area (Å²) < 4.78 is 0. The van der Waals surface area contributed by atoms with Crippen molar-refractivity contribution < 1.29 is 14.8 Å². The number of aliphatic carboxylic acids is 1. The van der Waals surface area contributed by atoms with E-state index in [0.717, 1.165) is 0 Å². The molecule has 68 valence electrons. The van der Waals surface area contributed by atoms with E-state index >= 15 is 0 Å². The van der Waals surface area contributed by atoms with Gasteiger partial charge in [0.25, 0.3) is 0 Å². The van der Waals surface area contributed by atoms with Crippen LogP contribution in [-0.2, 0) is 4.79 Å². The molecule has 1 aromatic rings. The van der Waals surface area contributed by atoms with Crippen molar-refractivity contribution in [3.63, 3.8) is 0 Å². The first-order valence-corrected chi connectivity index (χ1v) is 3.54. The van der Waals surface area contributed by atoms with Gasteiger partial charge >= 0.3 is 12.0 Å². The fraction of sp³-hybridized carbons (Fsp3) is 0.125. The van der Waals surface area contributed by atoms with Crippen LogP contribution < -0.4 is 0 Å². The number of hydrogen-bond donors (Lipinski definition) is 1. The monoisotopic (exact) mass is 181 g/mol. The van der Waals surface area contributed by atoms with Gasteiger partial charge in [0.2, 0.25) is 0 Å². The molecule has 1 aromatic carbocycles. The second kappa shape index (κ2) is 3.66. The van der Waals surface area contributed by atoms with Crippen molar-refractivity contribution in [2.45, 2.75) is 6.04 Å². The number of carboxylic acid groups (broad SMARTS) is 1. The molecule has 1 rings (SSSR count). The van der Waals surface area contributed by atoms with Crippen LogP contribution in [0.4, 0.5) is 0 Å². The van der Waals surface area contributed by atoms with Gasteiger partial charge in [-0.2, -0.15) is 0 Å². The van der Waals surface area contributed by atoms with Crippen LogP contribution in [0.1, 0.15) is 11.6 Å². The normalized spacial score (nSPS) is 12.0. The van der Waals surface area contributed by atoms with Crippen molar-refractivity contribution in [2.24, 2.45) is 0 Å². The fourth-order valence-electron chi connectivity index (χ4n) is 0.990. The smallest absolute Gasteiger partial charge is 0.384 e. The summed E-state index contributed by atoms with van der Waals surface area (Å²) in [5.41, 5.74) is 0.181. The summed E-state index contributed by atoms with van der Waals surface area (Å²) in [6.07, 6.45) is 0. The third-order valence-electron chi connectivity index (χ3n) is 1.56. The van der Waals surface area contributed by atoms with Crippen LogP contribution in [0.15, 0.2) is 30.3 Å². The maximum atomic E-state index is 10.5. The fourth-order valence-corrected chi connectivity index (χ4v) is 0.990. The Balaban J connectivity index is 3.03. The van der Waals surface area contributed by atoms with Crippen molar-refractivity contribution in [3.05, 3.63) is 46.0 Å². The van der Waals surface area contributed by atoms with Gasteiger partial charge in [-0.25, -0.2) is 4.79 Å². The SMILES string of the molecule is O=C(O)C(c1ccccc1)[N+](=O)[O-]. The molecule has 0 fully saturated rings. The first-order chi connectivity index (χ1) is 6.13. The molecule has 0 radical (unpaired) electrons. The van der Waals surface area contributed by atoms with Crippen LogP contribution in [0.3, 0.4) is 0 Å². The van der Waals surface area contributed by atoms with Crippen molar-refractivity contribution in [3.8, 4) is 0 Å². The minimum absolute atomic E-state index is 0.181. The lowest BCUT2D eigenvalue weighted by molar-refractivity contribution is -0.516. The highest BCUT2D eigenvalue weighted by Crippen LogP contribution is 2.15. The summed E-state index contributed by atoms with van der Waals surface area (Å²) in [5, 5.41) is 18.9. The molecule has 5 nitrogen and oxygen atoms in total. The van der Waals surface area contributed by atoms with Crippen molar-refractivity contribution in [1.82, 2.24) is 0 Å². The number of rotatable bonds is 3. The van der Waals surface area contributed by atoms with Gasteiger partial charge in [0.15, 0.2) is 0 Å². The van der Waals surface area contributed by atoms with Gasteiger partial charge < -0.3 is 5.11 Å². The Morgan fingerprint density at radius 2 is 1.92 bits per heavy atom. The third kappa shape index (κ3) is 2.02. The van der Waals surface area contributed by atoms with Gasteiger partial charge in [-0.3, -0.25) is 10.1 Å². The topological polar surface area (TPSA) is 80.4 Å². The maximum absolute atomic E-state index is 10.5. The van der Waals surface area contributed by atoms with E-state index in [-0.39, 0.29) is 5.56 Å². The summed E-state index contributed by atoms with van der Waals surface area (Å²) in [6, 6.07) is 5.97. The minimum atomic E-state index is -1.67. The lowest BCUT2D eigenvalue weighted by Crippen LogP contribution is -2.20. The summed E-state index contributed by atoms with van der Waals surface area (Å²) in [4.78, 5) is 20.0. The Bertz CT molecular complexity index is 308. The number of benzene rings is 1. The molecule has 0 aliphatic rings. The molecular weight excluding hydrogens is 174 g/mol. The van der Waals surface area contributed by atoms with E-state index < -0.39 is 16.9 Å². The van der Waals surface area contributed by atoms with Gasteiger partial charge in [-0.1, -0.05) is 30.3 Å². The van der Waals surface area contributed by atoms with Gasteiger partial charge in [0.05, 0.1) is 0 Å². The molecule has 1 unspecified atom stereocenters. The molecule has 0 amide bonds. The predicted octanol–water partition coefficient (Wildman–Crippen LogP) is 1.09. The van der Waals surface area contributed by atoms with Gasteiger partial charge in [0.1, 0.15) is 0 Å². The van der Waals surface area contributed by atoms with Crippen LogP contribution in [0, 0.1) is 10.1 Å². The summed E-state index contributed by atoms with van der Waals surface area (Å²) in [5.74, 6) is -1.45. The zero-order valence-electron chi connectivity index (χ0n) is 6.58. The summed E-state index contributed by atoms with van der Waals surface area (Å²) in [7, 11) is 0. The van der Waals surface area contributed by atoms with E-state index in [4.69, 9.17) is 5.11 Å². The summed E-state index contributed by atoms with van der Waals surface area (Å²) >= 11 is 0. The van der Waals surface area contributed by atoms with E-state index in [1.165, 1.54) is 12.1 Å². The van der Waals surface area contributed by atoms with Crippen molar-refractivity contribution in [1.29, 1.82) is 0 Å². The molecule has 13 heavy (non-hydrogen) atoms. The Labute approximate surface area is 73.8 Å². The number of nitrogens with zero attached hydrogens (tertiary/aromatic N) is 1. The van der Waals surface area contributed by atoms with Crippen LogP contribution in [0.5, 0.6) is 0 Å². The van der Waals surface area contributed by atoms with Crippen molar-refractivity contribution >= 4 is 5.97 Å². The molecule has 1 atom stereocenters. The molecule has 0 aromatic heterocycles. The maximum Gasteiger partial charge on any atom is 0.384 e. The molecule has 0 heterocycles. The molecule has 0 aliphatic carbocycles. The van der Waals surface area contributed by atoms with Crippen LogP contribution in [-0.4, -0.2) is 16.0 Å². The molecule has 0 spiro atoms. The van der Waals surface area contributed by atoms with E-state index in [2.05, 4.69) is 0 Å². The third-order valence-corrected chi connectivity index (χ3v) is 1.56. The van der Waals surface area contributed by atoms with E-state index in [1.807, 2.05) is 0 Å². The zero-order valence-corrected chi connectivity index (χ0v) is 6.58. The average molecular weight is 181 g/mol. The predicted molar refractivity (Wildman–Crippen MR) is 43.8 cm³/mol. The zero-order chi connectivity index (χ0) is 9.84. The Hall–Kier alpha value is -1.91. The Morgan fingerprint density at radius 1 is 1.38 bits per heavy atom. The summed E-state index contributed by atoms with van der Waals surface area (Å²) in [6.45, 7) is 0. The molecule has 1 N–H and O–H groups in total. The van der Waals surface area contributed by atoms with Crippen LogP contribution in [0.2, 0.25) is 0 Å². The van der Waals surface area contributed by atoms with Gasteiger partial charge in [-0.05, 0) is 0 Å². The van der Waals surface area contributed by atoms with Gasteiger partial charge in [0, 0.05) is 10.5 Å². The Morgan fingerprint density at radius 3 is 2.31 bits per heavy atom. The van der Waals surface area contributed by atoms with E-state index in [0.29, 0.717) is 0 Å². The number of hydrogen-bond acceptors (Lipinski definition) is 3. The minimum Gasteiger partial charge on any atom is -0.476 e. The Kier molecular flexibility index (Phi) is 2.59. The average Bonchev–Trinajstić information content (AvgIpc) is 2.04. The highest BCUT2D eigenvalue weighted by molar-refractivity contribution is 5.73. The number of carboxylic acids is 1. The second-order valence-corrected chi connectivity index (χ2v) is 2.44. The molecule has 0 aliphatic heterocycles. The van der Waals surface area contributed by atoms with Crippen LogP contribution >= 0.6 is 0 Å². The first kappa shape index (κ1) is 9.18. The van der Waals surface area contributed by atoms with Crippen LogP contribution in [0.25, 0.3) is 0 Å². The number of carbonyl (C=O) groups is 1. The van der Waals surface area contributed by atoms with E-state index in [9.17, 15) is 14.9 Å². The first-order valence-electron chi connectivity index (χ1n) is 3.54. The lowest BCUT2D eigenvalue weighted by Gasteiger charge is -2.03. The molecule has 5 heteroatoms.